The Morgan fingerprint density at radius 3 is 2.88 bits per heavy atom. The van der Waals surface area contributed by atoms with Crippen LogP contribution < -0.4 is 16.4 Å². The Labute approximate surface area is 98.4 Å². The number of nitrogens with two attached hydrogens (primary N) is 2. The number of nitrogen functional groups attached to an aromatic ring is 1. The molecule has 0 saturated carbocycles. The molecule has 0 spiro atoms. The third-order valence-electron chi connectivity index (χ3n) is 2.70. The van der Waals surface area contributed by atoms with Gasteiger partial charge in [0.25, 0.3) is 0 Å². The Bertz CT molecular complexity index is 423. The predicted octanol–water partition coefficient (Wildman–Crippen LogP) is 0.629. The Morgan fingerprint density at radius 1 is 1.56 bits per heavy atom. The standard InChI is InChI=1S/C10H13ClN4O/c11-8-2-1-7(10(13)14-8)15-5-6(4-12)3-9(15)16/h1-2,6H,3-5,12H2,(H2,13,14). The van der Waals surface area contributed by atoms with E-state index in [2.05, 4.69) is 4.98 Å². The van der Waals surface area contributed by atoms with Crippen LogP contribution in [0.2, 0.25) is 5.15 Å². The summed E-state index contributed by atoms with van der Waals surface area (Å²) in [6.07, 6.45) is 0.471. The number of aromatic nitrogens is 1. The van der Waals surface area contributed by atoms with Crippen LogP contribution in [0, 0.1) is 5.92 Å². The van der Waals surface area contributed by atoms with E-state index in [1.165, 1.54) is 0 Å². The summed E-state index contributed by atoms with van der Waals surface area (Å²) < 4.78 is 0. The van der Waals surface area contributed by atoms with Gasteiger partial charge in [-0.2, -0.15) is 0 Å². The Balaban J connectivity index is 2.28. The van der Waals surface area contributed by atoms with Crippen molar-refractivity contribution in [2.45, 2.75) is 6.42 Å². The largest absolute Gasteiger partial charge is 0.382 e. The number of nitrogens with zero attached hydrogens (tertiary/aromatic N) is 2. The zero-order valence-corrected chi connectivity index (χ0v) is 9.44. The highest BCUT2D eigenvalue weighted by Gasteiger charge is 2.30. The molecule has 1 aliphatic heterocycles. The molecule has 1 aromatic rings. The molecule has 86 valence electrons. The molecule has 16 heavy (non-hydrogen) atoms. The van der Waals surface area contributed by atoms with Gasteiger partial charge in [-0.05, 0) is 24.6 Å². The molecule has 1 fully saturated rings. The fraction of sp³-hybridized carbons (Fsp3) is 0.400. The molecule has 1 unspecified atom stereocenters. The van der Waals surface area contributed by atoms with Crippen molar-refractivity contribution in [2.75, 3.05) is 23.7 Å². The lowest BCUT2D eigenvalue weighted by Crippen LogP contribution is -2.26. The quantitative estimate of drug-likeness (QED) is 0.743. The van der Waals surface area contributed by atoms with Crippen LogP contribution in [0.1, 0.15) is 6.42 Å². The van der Waals surface area contributed by atoms with E-state index >= 15 is 0 Å². The van der Waals surface area contributed by atoms with Crippen molar-refractivity contribution >= 4 is 29.0 Å². The highest BCUT2D eigenvalue weighted by molar-refractivity contribution is 6.29. The van der Waals surface area contributed by atoms with Crippen LogP contribution in [0.25, 0.3) is 0 Å². The lowest BCUT2D eigenvalue weighted by atomic mass is 10.1. The monoisotopic (exact) mass is 240 g/mol. The molecule has 1 saturated heterocycles. The summed E-state index contributed by atoms with van der Waals surface area (Å²) in [5, 5.41) is 0.322. The SMILES string of the molecule is NCC1CC(=O)N(c2ccc(Cl)nc2N)C1. The minimum atomic E-state index is 0.0336. The van der Waals surface area contributed by atoms with E-state index in [4.69, 9.17) is 23.1 Å². The summed E-state index contributed by atoms with van der Waals surface area (Å²) in [6.45, 7) is 1.10. The fourth-order valence-corrected chi connectivity index (χ4v) is 2.00. The van der Waals surface area contributed by atoms with Gasteiger partial charge >= 0.3 is 0 Å². The first-order valence-electron chi connectivity index (χ1n) is 5.04. The van der Waals surface area contributed by atoms with E-state index in [0.717, 1.165) is 0 Å². The molecule has 1 aliphatic rings. The maximum atomic E-state index is 11.7. The van der Waals surface area contributed by atoms with Crippen LogP contribution in [0.4, 0.5) is 11.5 Å². The van der Waals surface area contributed by atoms with Crippen LogP contribution in [0.3, 0.4) is 0 Å². The molecule has 2 rings (SSSR count). The van der Waals surface area contributed by atoms with Gasteiger partial charge in [-0.15, -0.1) is 0 Å². The van der Waals surface area contributed by atoms with Gasteiger partial charge in [0.15, 0.2) is 0 Å². The van der Waals surface area contributed by atoms with Crippen LogP contribution in [0.5, 0.6) is 0 Å². The number of halogens is 1. The van der Waals surface area contributed by atoms with E-state index in [0.29, 0.717) is 30.4 Å². The molecular weight excluding hydrogens is 228 g/mol. The summed E-state index contributed by atoms with van der Waals surface area (Å²) in [4.78, 5) is 17.3. The Morgan fingerprint density at radius 2 is 2.31 bits per heavy atom. The molecule has 2 heterocycles. The fourth-order valence-electron chi connectivity index (χ4n) is 1.84. The zero-order valence-electron chi connectivity index (χ0n) is 8.69. The average molecular weight is 241 g/mol. The lowest BCUT2D eigenvalue weighted by Gasteiger charge is -2.17. The molecule has 0 aromatic carbocycles. The third-order valence-corrected chi connectivity index (χ3v) is 2.91. The minimum absolute atomic E-state index is 0.0336. The van der Waals surface area contributed by atoms with Gasteiger partial charge < -0.3 is 16.4 Å². The van der Waals surface area contributed by atoms with E-state index in [9.17, 15) is 4.79 Å². The van der Waals surface area contributed by atoms with E-state index in [-0.39, 0.29) is 17.6 Å². The lowest BCUT2D eigenvalue weighted by molar-refractivity contribution is -0.117. The van der Waals surface area contributed by atoms with Gasteiger partial charge in [0.2, 0.25) is 5.91 Å². The number of rotatable bonds is 2. The third kappa shape index (κ3) is 1.96. The van der Waals surface area contributed by atoms with Crippen molar-refractivity contribution in [1.82, 2.24) is 4.98 Å². The highest BCUT2D eigenvalue weighted by atomic mass is 35.5. The van der Waals surface area contributed by atoms with Gasteiger partial charge in [0.05, 0.1) is 5.69 Å². The first-order valence-corrected chi connectivity index (χ1v) is 5.42. The van der Waals surface area contributed by atoms with Crippen molar-refractivity contribution in [3.05, 3.63) is 17.3 Å². The molecule has 6 heteroatoms. The van der Waals surface area contributed by atoms with Gasteiger partial charge in [-0.25, -0.2) is 4.98 Å². The van der Waals surface area contributed by atoms with E-state index in [1.54, 1.807) is 17.0 Å². The molecule has 5 nitrogen and oxygen atoms in total. The number of anilines is 2. The molecule has 0 aliphatic carbocycles. The van der Waals surface area contributed by atoms with Crippen molar-refractivity contribution in [3.63, 3.8) is 0 Å². The number of hydrogen-bond donors (Lipinski definition) is 2. The van der Waals surface area contributed by atoms with Gasteiger partial charge in [-0.1, -0.05) is 11.6 Å². The molecule has 0 bridgehead atoms. The second-order valence-corrected chi connectivity index (χ2v) is 4.24. The minimum Gasteiger partial charge on any atom is -0.382 e. The van der Waals surface area contributed by atoms with E-state index in [1.807, 2.05) is 0 Å². The van der Waals surface area contributed by atoms with Crippen molar-refractivity contribution in [2.24, 2.45) is 11.7 Å². The summed E-state index contributed by atoms with van der Waals surface area (Å²) in [6, 6.07) is 3.33. The molecule has 0 radical (unpaired) electrons. The number of hydrogen-bond acceptors (Lipinski definition) is 4. The molecule has 1 aromatic heterocycles. The topological polar surface area (TPSA) is 85.2 Å². The van der Waals surface area contributed by atoms with Gasteiger partial charge in [0.1, 0.15) is 11.0 Å². The average Bonchev–Trinajstić information content (AvgIpc) is 2.60. The van der Waals surface area contributed by atoms with Crippen LogP contribution in [-0.2, 0) is 4.79 Å². The smallest absolute Gasteiger partial charge is 0.227 e. The number of pyridine rings is 1. The summed E-state index contributed by atoms with van der Waals surface area (Å²) >= 11 is 5.70. The highest BCUT2D eigenvalue weighted by Crippen LogP contribution is 2.29. The normalized spacial score (nSPS) is 20.5. The maximum Gasteiger partial charge on any atom is 0.227 e. The maximum absolute atomic E-state index is 11.7. The summed E-state index contributed by atoms with van der Waals surface area (Å²) in [7, 11) is 0. The summed E-state index contributed by atoms with van der Waals surface area (Å²) in [5.74, 6) is 0.507. The first-order chi connectivity index (χ1) is 7.61. The van der Waals surface area contributed by atoms with E-state index < -0.39 is 0 Å². The van der Waals surface area contributed by atoms with Crippen molar-refractivity contribution in [1.29, 1.82) is 0 Å². The number of carbonyl (C=O) groups is 1. The Hall–Kier alpha value is -1.33. The van der Waals surface area contributed by atoms with Crippen LogP contribution in [0.15, 0.2) is 12.1 Å². The second-order valence-electron chi connectivity index (χ2n) is 3.85. The molecule has 4 N–H and O–H groups in total. The molecular formula is C10H13ClN4O. The number of amides is 1. The van der Waals surface area contributed by atoms with Crippen LogP contribution >= 0.6 is 11.6 Å². The van der Waals surface area contributed by atoms with Gasteiger partial charge in [-0.3, -0.25) is 4.79 Å². The van der Waals surface area contributed by atoms with Crippen molar-refractivity contribution < 1.29 is 4.79 Å². The predicted molar refractivity (Wildman–Crippen MR) is 63.2 cm³/mol. The van der Waals surface area contributed by atoms with Crippen molar-refractivity contribution in [3.8, 4) is 0 Å². The summed E-state index contributed by atoms with van der Waals surface area (Å²) in [5.41, 5.74) is 11.9. The zero-order chi connectivity index (χ0) is 11.7. The van der Waals surface area contributed by atoms with Crippen LogP contribution in [-0.4, -0.2) is 24.0 Å². The second kappa shape index (κ2) is 4.27. The molecule has 1 amide bonds. The number of carbonyl (C=O) groups excluding carboxylic acids is 1. The Kier molecular flexibility index (Phi) is 2.98. The first kappa shape index (κ1) is 11.2. The van der Waals surface area contributed by atoms with Gasteiger partial charge in [0, 0.05) is 13.0 Å². The molecule has 1 atom stereocenters.